The molecular weight excluding hydrogens is 623 g/mol. The lowest BCUT2D eigenvalue weighted by Gasteiger charge is -2.36. The smallest absolute Gasteiger partial charge is 0.410 e. The van der Waals surface area contributed by atoms with Crippen molar-refractivity contribution in [2.45, 2.75) is 33.3 Å². The van der Waals surface area contributed by atoms with E-state index in [0.29, 0.717) is 48.4 Å². The van der Waals surface area contributed by atoms with E-state index < -0.39 is 28.7 Å². The molecule has 1 amide bonds. The molecule has 0 spiro atoms. The fourth-order valence-electron chi connectivity index (χ4n) is 5.65. The summed E-state index contributed by atoms with van der Waals surface area (Å²) in [6.45, 7) is 9.40. The van der Waals surface area contributed by atoms with E-state index in [1.165, 1.54) is 11.3 Å². The third-order valence-corrected chi connectivity index (χ3v) is 8.67. The number of nitrogens with zero attached hydrogens (tertiary/aromatic N) is 4. The van der Waals surface area contributed by atoms with Gasteiger partial charge in [-0.05, 0) is 74.4 Å². The monoisotopic (exact) mass is 655 g/mol. The number of amides is 1. The van der Waals surface area contributed by atoms with Crippen molar-refractivity contribution in [2.75, 3.05) is 37.7 Å². The molecule has 47 heavy (non-hydrogen) atoms. The van der Waals surface area contributed by atoms with E-state index >= 15 is 4.39 Å². The van der Waals surface area contributed by atoms with Gasteiger partial charge < -0.3 is 19.3 Å². The van der Waals surface area contributed by atoms with Crippen molar-refractivity contribution in [3.05, 3.63) is 71.1 Å². The Morgan fingerprint density at radius 1 is 1.00 bits per heavy atom. The van der Waals surface area contributed by atoms with Gasteiger partial charge in [0.2, 0.25) is 0 Å². The van der Waals surface area contributed by atoms with E-state index in [1.807, 2.05) is 62.5 Å². The van der Waals surface area contributed by atoms with Crippen molar-refractivity contribution in [1.29, 1.82) is 0 Å². The van der Waals surface area contributed by atoms with E-state index in [1.54, 1.807) is 11.8 Å². The van der Waals surface area contributed by atoms with Gasteiger partial charge in [0, 0.05) is 43.0 Å². The summed E-state index contributed by atoms with van der Waals surface area (Å²) in [6.07, 6.45) is -0.339. The van der Waals surface area contributed by atoms with E-state index in [2.05, 4.69) is 20.1 Å². The molecule has 1 aliphatic heterocycles. The molecule has 0 unspecified atom stereocenters. The first-order valence-electron chi connectivity index (χ1n) is 15.2. The van der Waals surface area contributed by atoms with Crippen molar-refractivity contribution < 1.29 is 27.8 Å². The zero-order valence-corrected chi connectivity index (χ0v) is 27.2. The first-order chi connectivity index (χ1) is 22.5. The minimum Gasteiger partial charge on any atom is -0.462 e. The zero-order chi connectivity index (χ0) is 33.5. The number of pyridine rings is 1. The van der Waals surface area contributed by atoms with Crippen LogP contribution >= 0.6 is 11.3 Å². The third kappa shape index (κ3) is 6.31. The molecule has 2 radical (unpaired) electrons. The summed E-state index contributed by atoms with van der Waals surface area (Å²) in [5.74, 6) is -2.46. The number of hydrogen-bond donors (Lipinski definition) is 1. The van der Waals surface area contributed by atoms with Crippen LogP contribution < -0.4 is 10.4 Å². The van der Waals surface area contributed by atoms with E-state index in [-0.39, 0.29) is 35.2 Å². The number of benzene rings is 2. The number of hydrogen-bond acceptors (Lipinski definition) is 8. The number of carbonyl (C=O) groups excluding carboxylic acids is 2. The Morgan fingerprint density at radius 3 is 2.34 bits per heavy atom. The number of ether oxygens (including phenoxy) is 2. The number of thiophene rings is 1. The highest BCUT2D eigenvalue weighted by atomic mass is 32.1. The van der Waals surface area contributed by atoms with Crippen LogP contribution in [-0.4, -0.2) is 78.4 Å². The fraction of sp³-hybridized carbons (Fsp3) is 0.294. The van der Waals surface area contributed by atoms with Gasteiger partial charge in [-0.3, -0.25) is 5.10 Å². The number of rotatable bonds is 6. The summed E-state index contributed by atoms with van der Waals surface area (Å²) in [6, 6.07) is 13.2. The van der Waals surface area contributed by atoms with Crippen molar-refractivity contribution in [3.8, 4) is 33.0 Å². The molecule has 2 aromatic carbocycles. The number of esters is 1. The second-order valence-corrected chi connectivity index (χ2v) is 13.0. The Bertz CT molecular complexity index is 1950. The minimum atomic E-state index is -0.850. The average molecular weight is 656 g/mol. The normalized spacial score (nSPS) is 13.7. The number of anilines is 1. The molecule has 4 heterocycles. The summed E-state index contributed by atoms with van der Waals surface area (Å²) in [5, 5.41) is 9.88. The maximum Gasteiger partial charge on any atom is 0.410 e. The SMILES string of the molecule is [B]c1c(F)ccc(F)c1-c1nc2n[nH]c(-c3cccs3)c2c(-c2ccc(N3CCN(C(=O)OC(C)(C)C)CC3)cc2)c1C(=O)OCC. The Hall–Kier alpha value is -4.78. The van der Waals surface area contributed by atoms with Crippen LogP contribution in [-0.2, 0) is 9.47 Å². The summed E-state index contributed by atoms with van der Waals surface area (Å²) >= 11 is 1.47. The predicted octanol–water partition coefficient (Wildman–Crippen LogP) is 6.33. The van der Waals surface area contributed by atoms with Crippen molar-refractivity contribution >= 4 is 53.4 Å². The van der Waals surface area contributed by atoms with Gasteiger partial charge in [-0.1, -0.05) is 18.2 Å². The standard InChI is InChI=1S/C34H32BF2N5O4S/c1-5-45-32(43)27-24(19-8-10-20(11-9-19)41-14-16-42(17-15-41)33(44)46-34(2,3)4)26-29(23-7-6-18-47-23)39-40-31(26)38-30(27)25-21(36)12-13-22(37)28(25)35/h6-13,18H,5,14-17H2,1-4H3,(H,38,39,40). The van der Waals surface area contributed by atoms with Crippen molar-refractivity contribution in [3.63, 3.8) is 0 Å². The molecule has 6 rings (SSSR count). The van der Waals surface area contributed by atoms with Crippen molar-refractivity contribution in [1.82, 2.24) is 20.1 Å². The molecule has 0 saturated carbocycles. The Morgan fingerprint density at radius 2 is 1.70 bits per heavy atom. The van der Waals surface area contributed by atoms with Crippen LogP contribution in [0.5, 0.6) is 0 Å². The number of aromatic amines is 1. The quantitative estimate of drug-likeness (QED) is 0.169. The van der Waals surface area contributed by atoms with Crippen LogP contribution in [0.15, 0.2) is 53.9 Å². The molecule has 1 fully saturated rings. The highest BCUT2D eigenvalue weighted by molar-refractivity contribution is 7.13. The first-order valence-corrected chi connectivity index (χ1v) is 16.0. The Kier molecular flexibility index (Phi) is 8.75. The summed E-state index contributed by atoms with van der Waals surface area (Å²) in [4.78, 5) is 35.6. The number of halogens is 2. The molecule has 240 valence electrons. The topological polar surface area (TPSA) is 101 Å². The summed E-state index contributed by atoms with van der Waals surface area (Å²) in [7, 11) is 6.06. The fourth-order valence-corrected chi connectivity index (χ4v) is 6.37. The lowest BCUT2D eigenvalue weighted by atomic mass is 9.84. The van der Waals surface area contributed by atoms with Gasteiger partial charge in [-0.2, -0.15) is 5.10 Å². The lowest BCUT2D eigenvalue weighted by Crippen LogP contribution is -2.50. The Labute approximate surface area is 275 Å². The van der Waals surface area contributed by atoms with Crippen LogP contribution in [0, 0.1) is 11.6 Å². The number of H-pyrrole nitrogens is 1. The van der Waals surface area contributed by atoms with Gasteiger partial charge in [0.15, 0.2) is 5.65 Å². The highest BCUT2D eigenvalue weighted by Gasteiger charge is 2.31. The van der Waals surface area contributed by atoms with Crippen LogP contribution in [0.1, 0.15) is 38.1 Å². The molecule has 1 N–H and O–H groups in total. The second kappa shape index (κ2) is 12.8. The number of fused-ring (bicyclic) bond motifs is 1. The number of aromatic nitrogens is 3. The van der Waals surface area contributed by atoms with Crippen LogP contribution in [0.2, 0.25) is 0 Å². The maximum atomic E-state index is 15.4. The van der Waals surface area contributed by atoms with Gasteiger partial charge in [0.25, 0.3) is 0 Å². The van der Waals surface area contributed by atoms with Gasteiger partial charge in [0.1, 0.15) is 25.1 Å². The highest BCUT2D eigenvalue weighted by Crippen LogP contribution is 2.42. The summed E-state index contributed by atoms with van der Waals surface area (Å²) < 4.78 is 41.2. The molecule has 1 saturated heterocycles. The first kappa shape index (κ1) is 32.2. The lowest BCUT2D eigenvalue weighted by molar-refractivity contribution is 0.0240. The molecule has 1 aliphatic rings. The maximum absolute atomic E-state index is 15.4. The minimum absolute atomic E-state index is 0.0360. The van der Waals surface area contributed by atoms with Crippen LogP contribution in [0.3, 0.4) is 0 Å². The van der Waals surface area contributed by atoms with Crippen LogP contribution in [0.25, 0.3) is 44.0 Å². The van der Waals surface area contributed by atoms with Crippen molar-refractivity contribution in [2.24, 2.45) is 0 Å². The van der Waals surface area contributed by atoms with E-state index in [0.717, 1.165) is 22.7 Å². The number of carbonyl (C=O) groups is 2. The predicted molar refractivity (Wildman–Crippen MR) is 179 cm³/mol. The largest absolute Gasteiger partial charge is 0.462 e. The van der Waals surface area contributed by atoms with Gasteiger partial charge in [0.05, 0.1) is 33.8 Å². The third-order valence-electron chi connectivity index (χ3n) is 7.78. The molecule has 5 aromatic rings. The molecular formula is C34H32BF2N5O4S. The van der Waals surface area contributed by atoms with Gasteiger partial charge >= 0.3 is 12.1 Å². The molecule has 0 aliphatic carbocycles. The van der Waals surface area contributed by atoms with Gasteiger partial charge in [-0.25, -0.2) is 23.4 Å². The number of nitrogens with one attached hydrogen (secondary N) is 1. The molecule has 9 nitrogen and oxygen atoms in total. The zero-order valence-electron chi connectivity index (χ0n) is 26.4. The average Bonchev–Trinajstić information content (AvgIpc) is 3.72. The van der Waals surface area contributed by atoms with Gasteiger partial charge in [-0.15, -0.1) is 11.3 Å². The summed E-state index contributed by atoms with van der Waals surface area (Å²) in [5.41, 5.74) is 1.07. The number of piperazine rings is 1. The second-order valence-electron chi connectivity index (χ2n) is 12.0. The van der Waals surface area contributed by atoms with E-state index in [4.69, 9.17) is 17.3 Å². The molecule has 0 atom stereocenters. The Balaban J connectivity index is 1.48. The molecule has 3 aromatic heterocycles. The van der Waals surface area contributed by atoms with Crippen LogP contribution in [0.4, 0.5) is 19.3 Å². The molecule has 0 bridgehead atoms. The molecule has 13 heteroatoms. The van der Waals surface area contributed by atoms with E-state index in [9.17, 15) is 14.0 Å².